The van der Waals surface area contributed by atoms with Gasteiger partial charge in [-0.3, -0.25) is 0 Å². The lowest BCUT2D eigenvalue weighted by Gasteiger charge is -2.14. The van der Waals surface area contributed by atoms with Crippen LogP contribution in [-0.2, 0) is 22.6 Å². The summed E-state index contributed by atoms with van der Waals surface area (Å²) in [7, 11) is 3.52. The van der Waals surface area contributed by atoms with E-state index in [1.807, 2.05) is 11.3 Å². The first-order chi connectivity index (χ1) is 10.3. The van der Waals surface area contributed by atoms with Gasteiger partial charge in [0.25, 0.3) is 0 Å². The van der Waals surface area contributed by atoms with Crippen LogP contribution in [0.3, 0.4) is 0 Å². The lowest BCUT2D eigenvalue weighted by atomic mass is 10.1. The number of hydrogen-bond acceptors (Lipinski definition) is 6. The molecular weight excluding hydrogens is 286 g/mol. The monoisotopic (exact) mass is 311 g/mol. The van der Waals surface area contributed by atoms with Crippen molar-refractivity contribution in [2.75, 3.05) is 38.8 Å². The third-order valence-corrected chi connectivity index (χ3v) is 5.29. The Kier molecular flexibility index (Phi) is 5.11. The first-order valence-corrected chi connectivity index (χ1v) is 8.56. The Morgan fingerprint density at radius 3 is 2.86 bits per heavy atom. The molecule has 1 unspecified atom stereocenters. The van der Waals surface area contributed by atoms with E-state index in [-0.39, 0.29) is 0 Å². The van der Waals surface area contributed by atoms with Gasteiger partial charge >= 0.3 is 0 Å². The molecule has 3 rings (SSSR count). The van der Waals surface area contributed by atoms with E-state index in [9.17, 15) is 0 Å². The normalized spacial score (nSPS) is 22.2. The number of ether oxygens (including phenoxy) is 2. The van der Waals surface area contributed by atoms with Gasteiger partial charge in [0.2, 0.25) is 0 Å². The summed E-state index contributed by atoms with van der Waals surface area (Å²) in [6.45, 7) is 4.53. The van der Waals surface area contributed by atoms with Gasteiger partial charge in [-0.2, -0.15) is 0 Å². The van der Waals surface area contributed by atoms with Crippen molar-refractivity contribution >= 4 is 16.5 Å². The summed E-state index contributed by atoms with van der Waals surface area (Å²) in [6, 6.07) is 0.726. The average molecular weight is 311 g/mol. The molecule has 5 nitrogen and oxygen atoms in total. The molecule has 118 valence electrons. The summed E-state index contributed by atoms with van der Waals surface area (Å²) >= 11 is 1.82. The SMILES string of the molecule is COCc1nc(N2CCC(COC)C2)sc1CNC1CC1. The van der Waals surface area contributed by atoms with Gasteiger partial charge < -0.3 is 19.7 Å². The third kappa shape index (κ3) is 3.94. The van der Waals surface area contributed by atoms with Crippen LogP contribution >= 0.6 is 11.3 Å². The van der Waals surface area contributed by atoms with E-state index in [0.717, 1.165) is 43.1 Å². The zero-order valence-electron chi connectivity index (χ0n) is 12.9. The van der Waals surface area contributed by atoms with Gasteiger partial charge in [-0.15, -0.1) is 11.3 Å². The fourth-order valence-corrected chi connectivity index (χ4v) is 3.84. The number of aromatic nitrogens is 1. The van der Waals surface area contributed by atoms with Crippen molar-refractivity contribution in [1.29, 1.82) is 0 Å². The molecule has 0 radical (unpaired) electrons. The molecule has 1 saturated heterocycles. The molecule has 0 amide bonds. The Morgan fingerprint density at radius 2 is 2.14 bits per heavy atom. The summed E-state index contributed by atoms with van der Waals surface area (Å²) in [6.07, 6.45) is 3.83. The van der Waals surface area contributed by atoms with Crippen LogP contribution in [0.5, 0.6) is 0 Å². The Bertz CT molecular complexity index is 462. The van der Waals surface area contributed by atoms with Crippen molar-refractivity contribution in [1.82, 2.24) is 10.3 Å². The van der Waals surface area contributed by atoms with Crippen LogP contribution in [0.1, 0.15) is 29.8 Å². The van der Waals surface area contributed by atoms with E-state index in [2.05, 4.69) is 10.2 Å². The second kappa shape index (κ2) is 7.05. The van der Waals surface area contributed by atoms with Crippen LogP contribution < -0.4 is 10.2 Å². The van der Waals surface area contributed by atoms with Gasteiger partial charge in [0.1, 0.15) is 0 Å². The quantitative estimate of drug-likeness (QED) is 0.796. The van der Waals surface area contributed by atoms with Crippen LogP contribution in [-0.4, -0.2) is 44.9 Å². The van der Waals surface area contributed by atoms with E-state index in [1.165, 1.54) is 24.1 Å². The molecule has 6 heteroatoms. The minimum Gasteiger partial charge on any atom is -0.384 e. The molecule has 0 aromatic carbocycles. The number of methoxy groups -OCH3 is 2. The molecule has 1 aromatic rings. The summed E-state index contributed by atoms with van der Waals surface area (Å²) in [5.74, 6) is 0.637. The zero-order valence-corrected chi connectivity index (χ0v) is 13.7. The summed E-state index contributed by atoms with van der Waals surface area (Å²) in [5.41, 5.74) is 1.10. The second-order valence-corrected chi connectivity index (χ2v) is 7.07. The molecule has 2 aliphatic rings. The Morgan fingerprint density at radius 1 is 1.29 bits per heavy atom. The minimum atomic E-state index is 0.605. The summed E-state index contributed by atoms with van der Waals surface area (Å²) in [5, 5.41) is 4.73. The number of nitrogens with one attached hydrogen (secondary N) is 1. The highest BCUT2D eigenvalue weighted by atomic mass is 32.1. The molecule has 1 saturated carbocycles. The van der Waals surface area contributed by atoms with Crippen molar-refractivity contribution in [3.05, 3.63) is 10.6 Å². The smallest absolute Gasteiger partial charge is 0.185 e. The summed E-state index contributed by atoms with van der Waals surface area (Å²) < 4.78 is 10.6. The number of hydrogen-bond donors (Lipinski definition) is 1. The van der Waals surface area contributed by atoms with Crippen LogP contribution in [0, 0.1) is 5.92 Å². The van der Waals surface area contributed by atoms with Crippen molar-refractivity contribution < 1.29 is 9.47 Å². The molecule has 1 aromatic heterocycles. The predicted molar refractivity (Wildman–Crippen MR) is 84.9 cm³/mol. The number of nitrogens with zero attached hydrogens (tertiary/aromatic N) is 2. The van der Waals surface area contributed by atoms with Crippen molar-refractivity contribution in [3.63, 3.8) is 0 Å². The molecule has 1 N–H and O–H groups in total. The number of rotatable bonds is 8. The maximum atomic E-state index is 5.30. The molecule has 21 heavy (non-hydrogen) atoms. The summed E-state index contributed by atoms with van der Waals surface area (Å²) in [4.78, 5) is 8.54. The highest BCUT2D eigenvalue weighted by Gasteiger charge is 2.26. The predicted octanol–water partition coefficient (Wildman–Crippen LogP) is 2.01. The van der Waals surface area contributed by atoms with Crippen molar-refractivity contribution in [2.45, 2.75) is 38.5 Å². The fourth-order valence-electron chi connectivity index (χ4n) is 2.80. The van der Waals surface area contributed by atoms with E-state index in [1.54, 1.807) is 14.2 Å². The zero-order chi connectivity index (χ0) is 14.7. The van der Waals surface area contributed by atoms with Crippen molar-refractivity contribution in [2.24, 2.45) is 5.92 Å². The van der Waals surface area contributed by atoms with Crippen LogP contribution in [0.25, 0.3) is 0 Å². The highest BCUT2D eigenvalue weighted by molar-refractivity contribution is 7.15. The van der Waals surface area contributed by atoms with E-state index < -0.39 is 0 Å². The van der Waals surface area contributed by atoms with Gasteiger partial charge in [0.15, 0.2) is 5.13 Å². The fraction of sp³-hybridized carbons (Fsp3) is 0.800. The molecule has 2 heterocycles. The van der Waals surface area contributed by atoms with Crippen LogP contribution in [0.15, 0.2) is 0 Å². The average Bonchev–Trinajstić information content (AvgIpc) is 3.04. The van der Waals surface area contributed by atoms with E-state index in [0.29, 0.717) is 12.5 Å². The lowest BCUT2D eigenvalue weighted by molar-refractivity contribution is 0.161. The largest absolute Gasteiger partial charge is 0.384 e. The van der Waals surface area contributed by atoms with Crippen LogP contribution in [0.2, 0.25) is 0 Å². The van der Waals surface area contributed by atoms with E-state index >= 15 is 0 Å². The molecule has 0 spiro atoms. The van der Waals surface area contributed by atoms with Gasteiger partial charge in [-0.05, 0) is 19.3 Å². The van der Waals surface area contributed by atoms with Gasteiger partial charge in [-0.1, -0.05) is 0 Å². The first kappa shape index (κ1) is 15.2. The standard InChI is InChI=1S/C15H25N3O2S/c1-19-9-11-5-6-18(8-11)15-17-13(10-20-2)14(21-15)7-16-12-3-4-12/h11-12,16H,3-10H2,1-2H3. The van der Waals surface area contributed by atoms with Gasteiger partial charge in [0, 0.05) is 50.7 Å². The highest BCUT2D eigenvalue weighted by Crippen LogP contribution is 2.31. The van der Waals surface area contributed by atoms with E-state index in [4.69, 9.17) is 14.5 Å². The van der Waals surface area contributed by atoms with Gasteiger partial charge in [-0.25, -0.2) is 4.98 Å². The number of anilines is 1. The minimum absolute atomic E-state index is 0.605. The molecule has 1 aliphatic heterocycles. The maximum Gasteiger partial charge on any atom is 0.185 e. The first-order valence-electron chi connectivity index (χ1n) is 7.75. The Labute approximate surface area is 130 Å². The molecule has 2 fully saturated rings. The number of thiazole rings is 1. The molecular formula is C15H25N3O2S. The molecule has 1 atom stereocenters. The molecule has 0 bridgehead atoms. The third-order valence-electron chi connectivity index (χ3n) is 4.14. The Hall–Kier alpha value is -0.690. The Balaban J connectivity index is 1.65. The second-order valence-electron chi connectivity index (χ2n) is 6.01. The lowest BCUT2D eigenvalue weighted by Crippen LogP contribution is -2.20. The van der Waals surface area contributed by atoms with Gasteiger partial charge in [0.05, 0.1) is 18.9 Å². The topological polar surface area (TPSA) is 46.6 Å². The van der Waals surface area contributed by atoms with Crippen LogP contribution in [0.4, 0.5) is 5.13 Å². The molecule has 1 aliphatic carbocycles. The van der Waals surface area contributed by atoms with Crippen molar-refractivity contribution in [3.8, 4) is 0 Å². The maximum absolute atomic E-state index is 5.30.